The molecule has 6 nitrogen and oxygen atoms in total. The van der Waals surface area contributed by atoms with Crippen LogP contribution >= 0.6 is 0 Å². The van der Waals surface area contributed by atoms with Crippen molar-refractivity contribution in [1.29, 1.82) is 0 Å². The Labute approximate surface area is 162 Å². The highest BCUT2D eigenvalue weighted by atomic mass is 16.6. The normalized spacial score (nSPS) is 14.8. The van der Waals surface area contributed by atoms with Crippen molar-refractivity contribution < 1.29 is 19.1 Å². The van der Waals surface area contributed by atoms with Crippen LogP contribution in [0.5, 0.6) is 11.5 Å². The number of hydrogen-bond donors (Lipinski definition) is 2. The summed E-state index contributed by atoms with van der Waals surface area (Å²) in [6, 6.07) is 24.1. The van der Waals surface area contributed by atoms with Gasteiger partial charge in [0.25, 0.3) is 11.8 Å². The lowest BCUT2D eigenvalue weighted by molar-refractivity contribution is -0.131. The monoisotopic (exact) mass is 374 g/mol. The summed E-state index contributed by atoms with van der Waals surface area (Å²) in [6.45, 7) is 0.0739. The standard InChI is InChI=1S/C22H18N2O4/c25-21(17-12-10-16(11-13-17)15-6-2-1-3-7-15)23-24-22(26)20-14-27-18-8-4-5-9-19(18)28-20/h1-13,20H,14H2,(H,23,25)(H,24,26)/t20-/m0/s1. The van der Waals surface area contributed by atoms with Gasteiger partial charge in [-0.15, -0.1) is 0 Å². The Bertz CT molecular complexity index is 987. The number of benzene rings is 3. The van der Waals surface area contributed by atoms with Crippen LogP contribution in [0.25, 0.3) is 11.1 Å². The van der Waals surface area contributed by atoms with Crippen LogP contribution in [0.1, 0.15) is 10.4 Å². The topological polar surface area (TPSA) is 76.7 Å². The minimum absolute atomic E-state index is 0.0739. The maximum atomic E-state index is 12.3. The summed E-state index contributed by atoms with van der Waals surface area (Å²) < 4.78 is 11.1. The van der Waals surface area contributed by atoms with Gasteiger partial charge in [0.15, 0.2) is 11.5 Å². The van der Waals surface area contributed by atoms with Gasteiger partial charge >= 0.3 is 0 Å². The number of ether oxygens (including phenoxy) is 2. The Morgan fingerprint density at radius 2 is 1.39 bits per heavy atom. The molecular weight excluding hydrogens is 356 g/mol. The molecule has 1 heterocycles. The third kappa shape index (κ3) is 3.81. The summed E-state index contributed by atoms with van der Waals surface area (Å²) in [6.07, 6.45) is -0.837. The van der Waals surface area contributed by atoms with Crippen molar-refractivity contribution in [1.82, 2.24) is 10.9 Å². The minimum Gasteiger partial charge on any atom is -0.485 e. The lowest BCUT2D eigenvalue weighted by Gasteiger charge is -2.25. The maximum Gasteiger partial charge on any atom is 0.283 e. The van der Waals surface area contributed by atoms with Gasteiger partial charge in [0, 0.05) is 5.56 Å². The van der Waals surface area contributed by atoms with E-state index < -0.39 is 17.9 Å². The zero-order chi connectivity index (χ0) is 19.3. The molecule has 0 bridgehead atoms. The smallest absolute Gasteiger partial charge is 0.283 e. The highest BCUT2D eigenvalue weighted by molar-refractivity contribution is 5.96. The quantitative estimate of drug-likeness (QED) is 0.691. The molecule has 0 saturated heterocycles. The maximum absolute atomic E-state index is 12.3. The molecule has 0 fully saturated rings. The lowest BCUT2D eigenvalue weighted by Crippen LogP contribution is -2.50. The van der Waals surface area contributed by atoms with Crippen molar-refractivity contribution in [3.8, 4) is 22.6 Å². The Kier molecular flexibility index (Phi) is 4.93. The van der Waals surface area contributed by atoms with E-state index in [1.165, 1.54) is 0 Å². The molecule has 1 aliphatic rings. The summed E-state index contributed by atoms with van der Waals surface area (Å²) >= 11 is 0. The summed E-state index contributed by atoms with van der Waals surface area (Å²) in [4.78, 5) is 24.5. The van der Waals surface area contributed by atoms with Gasteiger partial charge < -0.3 is 9.47 Å². The molecule has 1 aliphatic heterocycles. The number of amides is 2. The highest BCUT2D eigenvalue weighted by Gasteiger charge is 2.27. The lowest BCUT2D eigenvalue weighted by atomic mass is 10.0. The van der Waals surface area contributed by atoms with E-state index in [1.807, 2.05) is 48.5 Å². The third-order valence-corrected chi connectivity index (χ3v) is 4.35. The number of carbonyl (C=O) groups is 2. The number of fused-ring (bicyclic) bond motifs is 1. The van der Waals surface area contributed by atoms with E-state index in [2.05, 4.69) is 10.9 Å². The van der Waals surface area contributed by atoms with Gasteiger partial charge in [-0.25, -0.2) is 0 Å². The molecule has 0 saturated carbocycles. The van der Waals surface area contributed by atoms with Gasteiger partial charge in [0.05, 0.1) is 0 Å². The fourth-order valence-electron chi connectivity index (χ4n) is 2.86. The van der Waals surface area contributed by atoms with Crippen molar-refractivity contribution in [2.45, 2.75) is 6.10 Å². The molecule has 140 valence electrons. The van der Waals surface area contributed by atoms with Crippen molar-refractivity contribution >= 4 is 11.8 Å². The molecule has 2 amide bonds. The van der Waals surface area contributed by atoms with E-state index in [1.54, 1.807) is 30.3 Å². The van der Waals surface area contributed by atoms with E-state index in [0.29, 0.717) is 17.1 Å². The first-order chi connectivity index (χ1) is 13.7. The first-order valence-corrected chi connectivity index (χ1v) is 8.85. The summed E-state index contributed by atoms with van der Waals surface area (Å²) in [5.41, 5.74) is 7.30. The van der Waals surface area contributed by atoms with E-state index in [9.17, 15) is 9.59 Å². The number of para-hydroxylation sites is 2. The average Bonchev–Trinajstić information content (AvgIpc) is 2.77. The Hall–Kier alpha value is -3.80. The molecule has 0 unspecified atom stereocenters. The first-order valence-electron chi connectivity index (χ1n) is 8.85. The molecule has 3 aromatic carbocycles. The molecule has 6 heteroatoms. The van der Waals surface area contributed by atoms with Crippen LogP contribution in [0.2, 0.25) is 0 Å². The van der Waals surface area contributed by atoms with Crippen LogP contribution in [0.3, 0.4) is 0 Å². The molecule has 0 aliphatic carbocycles. The summed E-state index contributed by atoms with van der Waals surface area (Å²) in [5.74, 6) is 0.194. The molecule has 0 radical (unpaired) electrons. The molecule has 4 rings (SSSR count). The van der Waals surface area contributed by atoms with E-state index in [4.69, 9.17) is 9.47 Å². The van der Waals surface area contributed by atoms with E-state index in [-0.39, 0.29) is 6.61 Å². The largest absolute Gasteiger partial charge is 0.485 e. The van der Waals surface area contributed by atoms with Gasteiger partial charge in [-0.1, -0.05) is 54.6 Å². The van der Waals surface area contributed by atoms with Gasteiger partial charge in [0.2, 0.25) is 6.10 Å². The second kappa shape index (κ2) is 7.84. The second-order valence-electron chi connectivity index (χ2n) is 6.25. The summed E-state index contributed by atoms with van der Waals surface area (Å²) in [7, 11) is 0. The third-order valence-electron chi connectivity index (χ3n) is 4.35. The zero-order valence-corrected chi connectivity index (χ0v) is 14.9. The van der Waals surface area contributed by atoms with E-state index in [0.717, 1.165) is 11.1 Å². The highest BCUT2D eigenvalue weighted by Crippen LogP contribution is 2.30. The second-order valence-corrected chi connectivity index (χ2v) is 6.25. The van der Waals surface area contributed by atoms with Crippen LogP contribution in [0, 0.1) is 0 Å². The molecular formula is C22H18N2O4. The fraction of sp³-hybridized carbons (Fsp3) is 0.0909. The van der Waals surface area contributed by atoms with Gasteiger partial charge in [0.1, 0.15) is 6.61 Å². The molecule has 0 aromatic heterocycles. The van der Waals surface area contributed by atoms with Gasteiger partial charge in [-0.2, -0.15) is 0 Å². The van der Waals surface area contributed by atoms with E-state index >= 15 is 0 Å². The summed E-state index contributed by atoms with van der Waals surface area (Å²) in [5, 5.41) is 0. The van der Waals surface area contributed by atoms with Gasteiger partial charge in [-0.05, 0) is 35.4 Å². The molecule has 1 atom stereocenters. The van der Waals surface area contributed by atoms with Gasteiger partial charge in [-0.3, -0.25) is 20.4 Å². The predicted octanol–water partition coefficient (Wildman–Crippen LogP) is 2.95. The first kappa shape index (κ1) is 17.6. The molecule has 0 spiro atoms. The van der Waals surface area contributed by atoms with Crippen LogP contribution < -0.4 is 20.3 Å². The molecule has 28 heavy (non-hydrogen) atoms. The van der Waals surface area contributed by atoms with Crippen LogP contribution in [0.15, 0.2) is 78.9 Å². The number of hydrazine groups is 1. The SMILES string of the molecule is O=C(NNC(=O)[C@@H]1COc2ccccc2O1)c1ccc(-c2ccccc2)cc1. The Morgan fingerprint density at radius 3 is 2.14 bits per heavy atom. The van der Waals surface area contributed by atoms with Crippen molar-refractivity contribution in [3.05, 3.63) is 84.4 Å². The van der Waals surface area contributed by atoms with Crippen LogP contribution in [-0.2, 0) is 4.79 Å². The van der Waals surface area contributed by atoms with Crippen LogP contribution in [0.4, 0.5) is 0 Å². The van der Waals surface area contributed by atoms with Crippen molar-refractivity contribution in [2.24, 2.45) is 0 Å². The molecule has 2 N–H and O–H groups in total. The minimum atomic E-state index is -0.837. The van der Waals surface area contributed by atoms with Crippen LogP contribution in [-0.4, -0.2) is 24.5 Å². The number of rotatable bonds is 3. The number of nitrogens with one attached hydrogen (secondary N) is 2. The Balaban J connectivity index is 1.34. The zero-order valence-electron chi connectivity index (χ0n) is 14.9. The number of carbonyl (C=O) groups excluding carboxylic acids is 2. The predicted molar refractivity (Wildman–Crippen MR) is 104 cm³/mol. The fourth-order valence-corrected chi connectivity index (χ4v) is 2.86. The molecule has 3 aromatic rings. The van der Waals surface area contributed by atoms with Crippen molar-refractivity contribution in [2.75, 3.05) is 6.61 Å². The average molecular weight is 374 g/mol. The van der Waals surface area contributed by atoms with Crippen molar-refractivity contribution in [3.63, 3.8) is 0 Å². The Morgan fingerprint density at radius 1 is 0.750 bits per heavy atom. The number of hydrogen-bond acceptors (Lipinski definition) is 4.